The van der Waals surface area contributed by atoms with Gasteiger partial charge in [0.05, 0.1) is 10.5 Å². The molecule has 1 fully saturated rings. The molecule has 0 aliphatic heterocycles. The van der Waals surface area contributed by atoms with Gasteiger partial charge in [-0.15, -0.1) is 0 Å². The van der Waals surface area contributed by atoms with Crippen molar-refractivity contribution >= 4 is 23.1 Å². The van der Waals surface area contributed by atoms with Crippen molar-refractivity contribution in [2.75, 3.05) is 0 Å². The Labute approximate surface area is 110 Å². The van der Waals surface area contributed by atoms with Crippen molar-refractivity contribution in [2.45, 2.75) is 58.4 Å². The molecular formula is C13H24N2OS. The summed E-state index contributed by atoms with van der Waals surface area (Å²) in [5.74, 6) is 1.14. The Hall–Kier alpha value is -0.640. The molecule has 0 radical (unpaired) electrons. The number of nitrogens with two attached hydrogens (primary N) is 1. The molecule has 0 aromatic rings. The minimum atomic E-state index is -0.423. The van der Waals surface area contributed by atoms with Crippen molar-refractivity contribution in [3.8, 4) is 0 Å². The van der Waals surface area contributed by atoms with Gasteiger partial charge in [0.25, 0.3) is 0 Å². The Bertz CT molecular complexity index is 294. The summed E-state index contributed by atoms with van der Waals surface area (Å²) in [6, 6.07) is 0. The van der Waals surface area contributed by atoms with Crippen LogP contribution in [0.25, 0.3) is 0 Å². The maximum Gasteiger partial charge on any atom is 0.221 e. The first-order valence-electron chi connectivity index (χ1n) is 6.46. The maximum atomic E-state index is 11.9. The lowest BCUT2D eigenvalue weighted by Gasteiger charge is -2.39. The topological polar surface area (TPSA) is 55.1 Å². The summed E-state index contributed by atoms with van der Waals surface area (Å²) in [5, 5.41) is 3.08. The van der Waals surface area contributed by atoms with Crippen LogP contribution in [-0.4, -0.2) is 16.4 Å². The highest BCUT2D eigenvalue weighted by atomic mass is 32.1. The molecule has 0 spiro atoms. The molecule has 0 saturated heterocycles. The number of nitrogens with one attached hydrogen (secondary N) is 1. The van der Waals surface area contributed by atoms with Crippen molar-refractivity contribution in [2.24, 2.45) is 17.6 Å². The third-order valence-corrected chi connectivity index (χ3v) is 3.96. The average Bonchev–Trinajstić information content (AvgIpc) is 2.20. The first kappa shape index (κ1) is 14.4. The van der Waals surface area contributed by atoms with Gasteiger partial charge in [0, 0.05) is 6.42 Å². The standard InChI is InChI=1S/C13H24N2OS/c1-9(2)8-11(16)15-13(12(14)17)6-4-10(3)5-7-13/h9-10H,4-8H2,1-3H3,(H2,14,17)(H,15,16). The normalized spacial score (nSPS) is 29.1. The predicted octanol–water partition coefficient (Wildman–Crippen LogP) is 2.38. The van der Waals surface area contributed by atoms with Crippen LogP contribution in [0.1, 0.15) is 52.9 Å². The second-order valence-electron chi connectivity index (χ2n) is 5.78. The Morgan fingerprint density at radius 2 is 2.00 bits per heavy atom. The summed E-state index contributed by atoms with van der Waals surface area (Å²) in [5.41, 5.74) is 5.42. The highest BCUT2D eigenvalue weighted by molar-refractivity contribution is 7.80. The van der Waals surface area contributed by atoms with Crippen LogP contribution in [-0.2, 0) is 4.79 Å². The molecule has 1 saturated carbocycles. The monoisotopic (exact) mass is 256 g/mol. The van der Waals surface area contributed by atoms with Crippen LogP contribution in [0.5, 0.6) is 0 Å². The fraction of sp³-hybridized carbons (Fsp3) is 0.846. The first-order chi connectivity index (χ1) is 7.85. The third kappa shape index (κ3) is 3.95. The van der Waals surface area contributed by atoms with E-state index in [-0.39, 0.29) is 5.91 Å². The average molecular weight is 256 g/mol. The number of carbonyl (C=O) groups is 1. The van der Waals surface area contributed by atoms with E-state index in [1.807, 2.05) is 13.8 Å². The lowest BCUT2D eigenvalue weighted by atomic mass is 9.77. The third-order valence-electron chi connectivity index (χ3n) is 3.57. The zero-order valence-corrected chi connectivity index (χ0v) is 11.9. The zero-order valence-electron chi connectivity index (χ0n) is 11.1. The van der Waals surface area contributed by atoms with E-state index in [0.717, 1.165) is 25.7 Å². The van der Waals surface area contributed by atoms with Crippen LogP contribution in [0.15, 0.2) is 0 Å². The molecule has 0 unspecified atom stereocenters. The number of carbonyl (C=O) groups excluding carboxylic acids is 1. The van der Waals surface area contributed by atoms with Crippen molar-refractivity contribution in [1.29, 1.82) is 0 Å². The quantitative estimate of drug-likeness (QED) is 0.759. The van der Waals surface area contributed by atoms with E-state index in [0.29, 0.717) is 23.2 Å². The van der Waals surface area contributed by atoms with E-state index in [2.05, 4.69) is 12.2 Å². The van der Waals surface area contributed by atoms with Crippen molar-refractivity contribution < 1.29 is 4.79 Å². The predicted molar refractivity (Wildman–Crippen MR) is 74.7 cm³/mol. The van der Waals surface area contributed by atoms with Gasteiger partial charge in [-0.2, -0.15) is 0 Å². The van der Waals surface area contributed by atoms with Crippen LogP contribution >= 0.6 is 12.2 Å². The molecule has 1 rings (SSSR count). The number of hydrogen-bond acceptors (Lipinski definition) is 2. The minimum Gasteiger partial charge on any atom is -0.391 e. The van der Waals surface area contributed by atoms with Crippen LogP contribution in [0, 0.1) is 11.8 Å². The van der Waals surface area contributed by atoms with E-state index in [4.69, 9.17) is 18.0 Å². The largest absolute Gasteiger partial charge is 0.391 e. The Morgan fingerprint density at radius 3 is 2.41 bits per heavy atom. The number of rotatable bonds is 4. The molecular weight excluding hydrogens is 232 g/mol. The lowest BCUT2D eigenvalue weighted by molar-refractivity contribution is -0.123. The van der Waals surface area contributed by atoms with Crippen LogP contribution in [0.4, 0.5) is 0 Å². The molecule has 0 atom stereocenters. The van der Waals surface area contributed by atoms with E-state index < -0.39 is 5.54 Å². The van der Waals surface area contributed by atoms with E-state index in [1.54, 1.807) is 0 Å². The lowest BCUT2D eigenvalue weighted by Crippen LogP contribution is -2.58. The molecule has 0 heterocycles. The molecule has 17 heavy (non-hydrogen) atoms. The van der Waals surface area contributed by atoms with Crippen molar-refractivity contribution in [3.05, 3.63) is 0 Å². The Balaban J connectivity index is 2.66. The summed E-state index contributed by atoms with van der Waals surface area (Å²) >= 11 is 5.16. The van der Waals surface area contributed by atoms with Crippen LogP contribution in [0.3, 0.4) is 0 Å². The second kappa shape index (κ2) is 5.80. The minimum absolute atomic E-state index is 0.0716. The molecule has 0 aromatic carbocycles. The number of thiocarbonyl (C=S) groups is 1. The maximum absolute atomic E-state index is 11.9. The molecule has 0 bridgehead atoms. The van der Waals surface area contributed by atoms with Crippen LogP contribution in [0.2, 0.25) is 0 Å². The van der Waals surface area contributed by atoms with Gasteiger partial charge in [-0.05, 0) is 37.5 Å². The Morgan fingerprint density at radius 1 is 1.47 bits per heavy atom. The summed E-state index contributed by atoms with van der Waals surface area (Å²) in [7, 11) is 0. The van der Waals surface area contributed by atoms with Gasteiger partial charge in [0.15, 0.2) is 0 Å². The fourth-order valence-electron chi connectivity index (χ4n) is 2.38. The molecule has 4 heteroatoms. The van der Waals surface area contributed by atoms with E-state index in [9.17, 15) is 4.79 Å². The highest BCUT2D eigenvalue weighted by Gasteiger charge is 2.38. The van der Waals surface area contributed by atoms with Gasteiger partial charge in [-0.25, -0.2) is 0 Å². The van der Waals surface area contributed by atoms with Gasteiger partial charge in [-0.3, -0.25) is 4.79 Å². The molecule has 1 amide bonds. The summed E-state index contributed by atoms with van der Waals surface area (Å²) in [4.78, 5) is 12.3. The highest BCUT2D eigenvalue weighted by Crippen LogP contribution is 2.32. The van der Waals surface area contributed by atoms with Crippen LogP contribution < -0.4 is 11.1 Å². The van der Waals surface area contributed by atoms with Crippen molar-refractivity contribution in [1.82, 2.24) is 5.32 Å². The molecule has 98 valence electrons. The van der Waals surface area contributed by atoms with Crippen molar-refractivity contribution in [3.63, 3.8) is 0 Å². The van der Waals surface area contributed by atoms with E-state index in [1.165, 1.54) is 0 Å². The molecule has 3 N–H and O–H groups in total. The fourth-order valence-corrected chi connectivity index (χ4v) is 2.63. The second-order valence-corrected chi connectivity index (χ2v) is 6.21. The number of hydrogen-bond donors (Lipinski definition) is 2. The summed E-state index contributed by atoms with van der Waals surface area (Å²) in [6.45, 7) is 6.31. The van der Waals surface area contributed by atoms with Gasteiger partial charge in [0.1, 0.15) is 0 Å². The summed E-state index contributed by atoms with van der Waals surface area (Å²) in [6.07, 6.45) is 4.47. The van der Waals surface area contributed by atoms with Gasteiger partial charge >= 0.3 is 0 Å². The molecule has 3 nitrogen and oxygen atoms in total. The van der Waals surface area contributed by atoms with Gasteiger partial charge < -0.3 is 11.1 Å². The zero-order chi connectivity index (χ0) is 13.1. The molecule has 1 aliphatic rings. The van der Waals surface area contributed by atoms with Gasteiger partial charge in [0.2, 0.25) is 5.91 Å². The van der Waals surface area contributed by atoms with Gasteiger partial charge in [-0.1, -0.05) is 33.0 Å². The van der Waals surface area contributed by atoms with E-state index >= 15 is 0 Å². The smallest absolute Gasteiger partial charge is 0.221 e. The first-order valence-corrected chi connectivity index (χ1v) is 6.87. The molecule has 0 aromatic heterocycles. The Kier molecular flexibility index (Phi) is 4.92. The SMILES string of the molecule is CC(C)CC(=O)NC1(C(N)=S)CCC(C)CC1. The molecule has 1 aliphatic carbocycles. The number of amides is 1. The summed E-state index contributed by atoms with van der Waals surface area (Å²) < 4.78 is 0.